The van der Waals surface area contributed by atoms with Crippen molar-refractivity contribution < 1.29 is 9.53 Å². The molecule has 0 atom stereocenters. The lowest BCUT2D eigenvalue weighted by molar-refractivity contribution is -0.118. The summed E-state index contributed by atoms with van der Waals surface area (Å²) in [6.45, 7) is 8.04. The SMILES string of the molecule is C=C(CCOC)C(=O)NC(C)C. The normalized spacial score (nSPS) is 10.0. The summed E-state index contributed by atoms with van der Waals surface area (Å²) in [7, 11) is 1.60. The second kappa shape index (κ2) is 5.77. The van der Waals surface area contributed by atoms with Gasteiger partial charge in [0.15, 0.2) is 0 Å². The van der Waals surface area contributed by atoms with E-state index in [4.69, 9.17) is 4.74 Å². The van der Waals surface area contributed by atoms with Crippen LogP contribution in [-0.2, 0) is 9.53 Å². The molecule has 0 unspecified atom stereocenters. The van der Waals surface area contributed by atoms with Gasteiger partial charge >= 0.3 is 0 Å². The Hall–Kier alpha value is -0.830. The van der Waals surface area contributed by atoms with Crippen LogP contribution in [0.5, 0.6) is 0 Å². The first-order valence-corrected chi connectivity index (χ1v) is 4.05. The van der Waals surface area contributed by atoms with Gasteiger partial charge in [-0.1, -0.05) is 6.58 Å². The first kappa shape index (κ1) is 11.2. The first-order valence-electron chi connectivity index (χ1n) is 4.05. The lowest BCUT2D eigenvalue weighted by atomic mass is 10.2. The maximum atomic E-state index is 11.2. The van der Waals surface area contributed by atoms with E-state index in [0.717, 1.165) is 0 Å². The van der Waals surface area contributed by atoms with Gasteiger partial charge in [0.1, 0.15) is 0 Å². The molecule has 0 aromatic carbocycles. The highest BCUT2D eigenvalue weighted by molar-refractivity contribution is 5.92. The molecule has 0 aromatic heterocycles. The minimum absolute atomic E-state index is 0.0814. The summed E-state index contributed by atoms with van der Waals surface area (Å²) in [6.07, 6.45) is 0.592. The summed E-state index contributed by atoms with van der Waals surface area (Å²) < 4.78 is 4.83. The van der Waals surface area contributed by atoms with E-state index in [2.05, 4.69) is 11.9 Å². The van der Waals surface area contributed by atoms with E-state index in [9.17, 15) is 4.79 Å². The van der Waals surface area contributed by atoms with E-state index < -0.39 is 0 Å². The van der Waals surface area contributed by atoms with Gasteiger partial charge in [0, 0.05) is 25.1 Å². The third-order valence-corrected chi connectivity index (χ3v) is 1.35. The molecule has 3 nitrogen and oxygen atoms in total. The predicted octanol–water partition coefficient (Wildman–Crippen LogP) is 1.10. The van der Waals surface area contributed by atoms with Gasteiger partial charge in [0.05, 0.1) is 6.61 Å². The average Bonchev–Trinajstić information content (AvgIpc) is 1.98. The monoisotopic (exact) mass is 171 g/mol. The molecule has 0 bridgehead atoms. The maximum Gasteiger partial charge on any atom is 0.246 e. The number of rotatable bonds is 5. The van der Waals surface area contributed by atoms with Crippen LogP contribution in [0.2, 0.25) is 0 Å². The van der Waals surface area contributed by atoms with Crippen LogP contribution < -0.4 is 5.32 Å². The van der Waals surface area contributed by atoms with Crippen molar-refractivity contribution in [3.05, 3.63) is 12.2 Å². The van der Waals surface area contributed by atoms with Crippen molar-refractivity contribution in [2.45, 2.75) is 26.3 Å². The molecule has 70 valence electrons. The summed E-state index contributed by atoms with van der Waals surface area (Å²) in [6, 6.07) is 0.164. The Morgan fingerprint density at radius 2 is 2.17 bits per heavy atom. The lowest BCUT2D eigenvalue weighted by Gasteiger charge is -2.09. The van der Waals surface area contributed by atoms with E-state index in [0.29, 0.717) is 18.6 Å². The minimum Gasteiger partial charge on any atom is -0.384 e. The molecule has 0 aromatic rings. The molecule has 3 heteroatoms. The molecule has 0 aliphatic rings. The first-order chi connectivity index (χ1) is 5.57. The van der Waals surface area contributed by atoms with Gasteiger partial charge in [-0.3, -0.25) is 4.79 Å². The second-order valence-corrected chi connectivity index (χ2v) is 2.97. The molecule has 1 N–H and O–H groups in total. The summed E-state index contributed by atoms with van der Waals surface area (Å²) in [5.41, 5.74) is 0.575. The number of amides is 1. The van der Waals surface area contributed by atoms with Crippen LogP contribution in [0.15, 0.2) is 12.2 Å². The smallest absolute Gasteiger partial charge is 0.246 e. The average molecular weight is 171 g/mol. The van der Waals surface area contributed by atoms with Gasteiger partial charge in [-0.25, -0.2) is 0 Å². The molecule has 0 rings (SSSR count). The summed E-state index contributed by atoms with van der Waals surface area (Å²) >= 11 is 0. The number of hydrogen-bond acceptors (Lipinski definition) is 2. The van der Waals surface area contributed by atoms with Gasteiger partial charge < -0.3 is 10.1 Å². The van der Waals surface area contributed by atoms with Crippen LogP contribution in [0.25, 0.3) is 0 Å². The third-order valence-electron chi connectivity index (χ3n) is 1.35. The Bertz CT molecular complexity index is 164. The Kier molecular flexibility index (Phi) is 5.37. The number of carbonyl (C=O) groups is 1. The van der Waals surface area contributed by atoms with Crippen molar-refractivity contribution in [2.75, 3.05) is 13.7 Å². The molecule has 0 fully saturated rings. The lowest BCUT2D eigenvalue weighted by Crippen LogP contribution is -2.31. The van der Waals surface area contributed by atoms with Crippen LogP contribution in [0.3, 0.4) is 0 Å². The van der Waals surface area contributed by atoms with Crippen molar-refractivity contribution in [3.8, 4) is 0 Å². The Morgan fingerprint density at radius 1 is 1.58 bits per heavy atom. The number of nitrogens with one attached hydrogen (secondary N) is 1. The zero-order chi connectivity index (χ0) is 9.56. The van der Waals surface area contributed by atoms with Crippen LogP contribution in [-0.4, -0.2) is 25.7 Å². The molecule has 1 amide bonds. The fourth-order valence-corrected chi connectivity index (χ4v) is 0.703. The third kappa shape index (κ3) is 4.91. The molecule has 0 saturated carbocycles. The van der Waals surface area contributed by atoms with Gasteiger partial charge in [-0.05, 0) is 13.8 Å². The fraction of sp³-hybridized carbons (Fsp3) is 0.667. The van der Waals surface area contributed by atoms with E-state index in [1.807, 2.05) is 13.8 Å². The number of carbonyl (C=O) groups excluding carboxylic acids is 1. The Morgan fingerprint density at radius 3 is 2.58 bits per heavy atom. The molecule has 0 heterocycles. The molecular weight excluding hydrogens is 154 g/mol. The quantitative estimate of drug-likeness (QED) is 0.629. The Balaban J connectivity index is 3.70. The second-order valence-electron chi connectivity index (χ2n) is 2.97. The van der Waals surface area contributed by atoms with Crippen LogP contribution >= 0.6 is 0 Å². The van der Waals surface area contributed by atoms with Crippen molar-refractivity contribution in [1.82, 2.24) is 5.32 Å². The molecular formula is C9H17NO2. The summed E-state index contributed by atoms with van der Waals surface area (Å²) in [4.78, 5) is 11.2. The van der Waals surface area contributed by atoms with Crippen LogP contribution in [0.4, 0.5) is 0 Å². The van der Waals surface area contributed by atoms with Crippen LogP contribution in [0.1, 0.15) is 20.3 Å². The van der Waals surface area contributed by atoms with Gasteiger partial charge in [0.2, 0.25) is 5.91 Å². The zero-order valence-corrected chi connectivity index (χ0v) is 8.02. The number of hydrogen-bond donors (Lipinski definition) is 1. The van der Waals surface area contributed by atoms with E-state index in [-0.39, 0.29) is 11.9 Å². The Labute approximate surface area is 73.8 Å². The fourth-order valence-electron chi connectivity index (χ4n) is 0.703. The zero-order valence-electron chi connectivity index (χ0n) is 8.02. The van der Waals surface area contributed by atoms with Crippen LogP contribution in [0, 0.1) is 0 Å². The summed E-state index contributed by atoms with van der Waals surface area (Å²) in [5.74, 6) is -0.0814. The molecule has 0 spiro atoms. The van der Waals surface area contributed by atoms with Gasteiger partial charge in [-0.2, -0.15) is 0 Å². The number of ether oxygens (including phenoxy) is 1. The van der Waals surface area contributed by atoms with Crippen molar-refractivity contribution >= 4 is 5.91 Å². The highest BCUT2D eigenvalue weighted by Gasteiger charge is 2.06. The standard InChI is InChI=1S/C9H17NO2/c1-7(2)10-9(11)8(3)5-6-12-4/h7H,3,5-6H2,1-2,4H3,(H,10,11). The maximum absolute atomic E-state index is 11.2. The highest BCUT2D eigenvalue weighted by Crippen LogP contribution is 1.98. The molecule has 12 heavy (non-hydrogen) atoms. The minimum atomic E-state index is -0.0814. The van der Waals surface area contributed by atoms with E-state index >= 15 is 0 Å². The van der Waals surface area contributed by atoms with Crippen molar-refractivity contribution in [2.24, 2.45) is 0 Å². The van der Waals surface area contributed by atoms with Crippen molar-refractivity contribution in [1.29, 1.82) is 0 Å². The molecule has 0 aliphatic heterocycles. The van der Waals surface area contributed by atoms with E-state index in [1.165, 1.54) is 0 Å². The predicted molar refractivity (Wildman–Crippen MR) is 48.9 cm³/mol. The van der Waals surface area contributed by atoms with Crippen molar-refractivity contribution in [3.63, 3.8) is 0 Å². The summed E-state index contributed by atoms with van der Waals surface area (Å²) in [5, 5.41) is 2.76. The molecule has 0 saturated heterocycles. The molecule has 0 aliphatic carbocycles. The van der Waals surface area contributed by atoms with Gasteiger partial charge in [-0.15, -0.1) is 0 Å². The largest absolute Gasteiger partial charge is 0.384 e. The number of methoxy groups -OCH3 is 1. The topological polar surface area (TPSA) is 38.3 Å². The van der Waals surface area contributed by atoms with E-state index in [1.54, 1.807) is 7.11 Å². The molecule has 0 radical (unpaired) electrons. The highest BCUT2D eigenvalue weighted by atomic mass is 16.5. The van der Waals surface area contributed by atoms with Gasteiger partial charge in [0.25, 0.3) is 0 Å².